The van der Waals surface area contributed by atoms with Crippen LogP contribution in [-0.4, -0.2) is 11.6 Å². The van der Waals surface area contributed by atoms with Crippen molar-refractivity contribution in [3.05, 3.63) is 24.3 Å². The summed E-state index contributed by atoms with van der Waals surface area (Å²) in [5.41, 5.74) is 0. The van der Waals surface area contributed by atoms with Gasteiger partial charge in [0.25, 0.3) is 0 Å². The Morgan fingerprint density at radius 2 is 1.22 bits per heavy atom. The second-order valence-electron chi connectivity index (χ2n) is 1.45. The van der Waals surface area contributed by atoms with E-state index in [2.05, 4.69) is 0 Å². The highest BCUT2D eigenvalue weighted by Gasteiger charge is 2.06. The normalized spacial score (nSPS) is 15.6. The van der Waals surface area contributed by atoms with E-state index in [1.54, 1.807) is 12.2 Å². The van der Waals surface area contributed by atoms with Gasteiger partial charge in [0.15, 0.2) is 0 Å². The van der Waals surface area contributed by atoms with Gasteiger partial charge in [0.05, 0.1) is 0 Å². The van der Waals surface area contributed by atoms with Gasteiger partial charge in [-0.2, -0.15) is 0 Å². The van der Waals surface area contributed by atoms with Gasteiger partial charge in [-0.3, -0.25) is 9.59 Å². The first-order valence-electron chi connectivity index (χ1n) is 2.24. The summed E-state index contributed by atoms with van der Waals surface area (Å²) in [6.07, 6.45) is 5.60. The van der Waals surface area contributed by atoms with Crippen LogP contribution >= 0.6 is 12.4 Å². The van der Waals surface area contributed by atoms with E-state index < -0.39 is 11.6 Å². The molecule has 0 saturated heterocycles. The van der Waals surface area contributed by atoms with Gasteiger partial charge in [-0.15, -0.1) is 12.4 Å². The minimum absolute atomic E-state index is 0. The van der Waals surface area contributed by atoms with Gasteiger partial charge in [0.2, 0.25) is 11.6 Å². The van der Waals surface area contributed by atoms with Crippen LogP contribution < -0.4 is 0 Å². The Balaban J connectivity index is 0.000000640. The fourth-order valence-electron chi connectivity index (χ4n) is 0.450. The number of carbonyl (C=O) groups excluding carboxylic acids is 2. The molecule has 0 fully saturated rings. The molecule has 0 heterocycles. The zero-order chi connectivity index (χ0) is 5.98. The molecule has 1 aliphatic carbocycles. The lowest BCUT2D eigenvalue weighted by atomic mass is 10.1. The van der Waals surface area contributed by atoms with Crippen LogP contribution in [0.5, 0.6) is 0 Å². The maximum atomic E-state index is 10.3. The third kappa shape index (κ3) is 1.82. The number of ketones is 2. The second kappa shape index (κ2) is 3.20. The van der Waals surface area contributed by atoms with Gasteiger partial charge in [-0.05, 0) is 12.2 Å². The van der Waals surface area contributed by atoms with Gasteiger partial charge >= 0.3 is 0 Å². The highest BCUT2D eigenvalue weighted by molar-refractivity contribution is 6.46. The molecule has 0 aromatic carbocycles. The first kappa shape index (κ1) is 8.11. The first-order valence-corrected chi connectivity index (χ1v) is 2.24. The number of hydrogen-bond donors (Lipinski definition) is 0. The minimum Gasteiger partial charge on any atom is -0.286 e. The number of carbonyl (C=O) groups is 2. The van der Waals surface area contributed by atoms with E-state index in [1.165, 1.54) is 12.2 Å². The summed E-state index contributed by atoms with van der Waals surface area (Å²) in [5, 5.41) is 0. The topological polar surface area (TPSA) is 34.1 Å². The molecule has 0 atom stereocenters. The Kier molecular flexibility index (Phi) is 2.88. The Morgan fingerprint density at radius 1 is 0.889 bits per heavy atom. The van der Waals surface area contributed by atoms with Crippen LogP contribution in [0.4, 0.5) is 0 Å². The Labute approximate surface area is 58.7 Å². The number of halogens is 1. The van der Waals surface area contributed by atoms with Crippen molar-refractivity contribution in [2.75, 3.05) is 0 Å². The molecule has 0 unspecified atom stereocenters. The minimum atomic E-state index is -0.437. The smallest absolute Gasteiger partial charge is 0.225 e. The van der Waals surface area contributed by atoms with Crippen molar-refractivity contribution < 1.29 is 9.59 Å². The summed E-state index contributed by atoms with van der Waals surface area (Å²) in [6, 6.07) is 0. The predicted molar refractivity (Wildman–Crippen MR) is 35.5 cm³/mol. The molecule has 1 aliphatic rings. The summed E-state index contributed by atoms with van der Waals surface area (Å²) in [7, 11) is 0. The molecule has 0 bridgehead atoms. The van der Waals surface area contributed by atoms with Crippen molar-refractivity contribution in [2.45, 2.75) is 0 Å². The van der Waals surface area contributed by atoms with E-state index in [0.717, 1.165) is 0 Å². The lowest BCUT2D eigenvalue weighted by Gasteiger charge is -1.88. The largest absolute Gasteiger partial charge is 0.286 e. The molecule has 9 heavy (non-hydrogen) atoms. The molecule has 0 aromatic rings. The van der Waals surface area contributed by atoms with Gasteiger partial charge in [-0.1, -0.05) is 12.2 Å². The molecule has 0 aromatic heterocycles. The third-order valence-electron chi connectivity index (χ3n) is 0.849. The quantitative estimate of drug-likeness (QED) is 0.370. The Bertz CT molecular complexity index is 169. The van der Waals surface area contributed by atoms with Crippen LogP contribution in [0.3, 0.4) is 0 Å². The monoisotopic (exact) mass is 144 g/mol. The average Bonchev–Trinajstić information content (AvgIpc) is 1.77. The number of rotatable bonds is 0. The van der Waals surface area contributed by atoms with Crippen LogP contribution in [0, 0.1) is 0 Å². The molecule has 48 valence electrons. The van der Waals surface area contributed by atoms with E-state index in [4.69, 9.17) is 0 Å². The van der Waals surface area contributed by atoms with Crippen molar-refractivity contribution in [1.82, 2.24) is 0 Å². The molecule has 0 aliphatic heterocycles. The molecular weight excluding hydrogens is 140 g/mol. The predicted octanol–water partition coefficient (Wildman–Crippen LogP) is 0.672. The van der Waals surface area contributed by atoms with Gasteiger partial charge in [-0.25, -0.2) is 0 Å². The molecule has 0 radical (unpaired) electrons. The van der Waals surface area contributed by atoms with E-state index in [1.807, 2.05) is 0 Å². The molecule has 0 saturated carbocycles. The van der Waals surface area contributed by atoms with E-state index in [0.29, 0.717) is 0 Å². The fourth-order valence-corrected chi connectivity index (χ4v) is 0.450. The van der Waals surface area contributed by atoms with E-state index in [-0.39, 0.29) is 12.4 Å². The van der Waals surface area contributed by atoms with Crippen molar-refractivity contribution in [2.24, 2.45) is 0 Å². The average molecular weight is 145 g/mol. The third-order valence-corrected chi connectivity index (χ3v) is 0.849. The second-order valence-corrected chi connectivity index (χ2v) is 1.45. The lowest BCUT2D eigenvalue weighted by Crippen LogP contribution is -2.08. The van der Waals surface area contributed by atoms with E-state index in [9.17, 15) is 9.59 Å². The molecule has 3 heteroatoms. The molecule has 1 rings (SSSR count). The zero-order valence-corrected chi connectivity index (χ0v) is 5.35. The summed E-state index contributed by atoms with van der Waals surface area (Å²) >= 11 is 0. The highest BCUT2D eigenvalue weighted by Crippen LogP contribution is 1.90. The summed E-state index contributed by atoms with van der Waals surface area (Å²) in [6.45, 7) is 0. The van der Waals surface area contributed by atoms with Crippen molar-refractivity contribution in [3.63, 3.8) is 0 Å². The highest BCUT2D eigenvalue weighted by atomic mass is 35.5. The standard InChI is InChI=1S/C6H4O2.ClH/c7-5-3-1-2-4-6(5)8;/h1-4H;1H. The molecule has 0 N–H and O–H groups in total. The lowest BCUT2D eigenvalue weighted by molar-refractivity contribution is -0.131. The van der Waals surface area contributed by atoms with Crippen LogP contribution in [0.1, 0.15) is 0 Å². The summed E-state index contributed by atoms with van der Waals surface area (Å²) in [4.78, 5) is 20.6. The molecular formula is C6H5ClO2. The Hall–Kier alpha value is -0.890. The van der Waals surface area contributed by atoms with Gasteiger partial charge in [0, 0.05) is 0 Å². The zero-order valence-electron chi connectivity index (χ0n) is 4.53. The number of hydrogen-bond acceptors (Lipinski definition) is 2. The fraction of sp³-hybridized carbons (Fsp3) is 0. The molecule has 0 amide bonds. The van der Waals surface area contributed by atoms with Gasteiger partial charge in [0.1, 0.15) is 0 Å². The maximum Gasteiger partial charge on any atom is 0.225 e. The van der Waals surface area contributed by atoms with Crippen LogP contribution in [-0.2, 0) is 9.59 Å². The van der Waals surface area contributed by atoms with Crippen LogP contribution in [0.15, 0.2) is 24.3 Å². The van der Waals surface area contributed by atoms with Crippen molar-refractivity contribution in [3.8, 4) is 0 Å². The summed E-state index contributed by atoms with van der Waals surface area (Å²) < 4.78 is 0. The number of allylic oxidation sites excluding steroid dienone is 4. The molecule has 0 spiro atoms. The van der Waals surface area contributed by atoms with Crippen molar-refractivity contribution >= 4 is 24.0 Å². The molecule has 2 nitrogen and oxygen atoms in total. The maximum absolute atomic E-state index is 10.3. The Morgan fingerprint density at radius 3 is 1.44 bits per heavy atom. The van der Waals surface area contributed by atoms with Crippen LogP contribution in [0.2, 0.25) is 0 Å². The SMILES string of the molecule is Cl.O=C1C=CC=CC1=O. The van der Waals surface area contributed by atoms with E-state index >= 15 is 0 Å². The van der Waals surface area contributed by atoms with Gasteiger partial charge < -0.3 is 0 Å². The van der Waals surface area contributed by atoms with Crippen LogP contribution in [0.25, 0.3) is 0 Å². The first-order chi connectivity index (χ1) is 3.80. The van der Waals surface area contributed by atoms with Crippen molar-refractivity contribution in [1.29, 1.82) is 0 Å². The summed E-state index contributed by atoms with van der Waals surface area (Å²) in [5.74, 6) is -0.875.